The molecule has 2 aliphatic rings. The van der Waals surface area contributed by atoms with Crippen LogP contribution < -0.4 is 13.8 Å². The zero-order valence-corrected chi connectivity index (χ0v) is 17.5. The zero-order chi connectivity index (χ0) is 20.8. The van der Waals surface area contributed by atoms with E-state index in [1.807, 2.05) is 31.2 Å². The van der Waals surface area contributed by atoms with E-state index in [1.54, 1.807) is 30.1 Å². The predicted octanol–water partition coefficient (Wildman–Crippen LogP) is 2.31. The van der Waals surface area contributed by atoms with Gasteiger partial charge in [-0.3, -0.25) is 9.10 Å². The Morgan fingerprint density at radius 1 is 1.21 bits per heavy atom. The highest BCUT2D eigenvalue weighted by Gasteiger charge is 2.33. The maximum Gasteiger partial charge on any atom is 0.253 e. The maximum atomic E-state index is 12.9. The van der Waals surface area contributed by atoms with Gasteiger partial charge in [-0.15, -0.1) is 0 Å². The molecule has 8 heteroatoms. The van der Waals surface area contributed by atoms with Crippen LogP contribution in [0.1, 0.15) is 22.8 Å². The highest BCUT2D eigenvalue weighted by Crippen LogP contribution is 2.35. The maximum absolute atomic E-state index is 12.9. The summed E-state index contributed by atoms with van der Waals surface area (Å²) in [5.74, 6) is 1.25. The van der Waals surface area contributed by atoms with Gasteiger partial charge in [0.1, 0.15) is 6.61 Å². The molecule has 2 aliphatic heterocycles. The van der Waals surface area contributed by atoms with Gasteiger partial charge in [0, 0.05) is 18.7 Å². The average Bonchev–Trinajstić information content (AvgIpc) is 3.02. The second-order valence-electron chi connectivity index (χ2n) is 7.64. The van der Waals surface area contributed by atoms with Gasteiger partial charge in [0.25, 0.3) is 5.91 Å². The van der Waals surface area contributed by atoms with E-state index in [0.717, 1.165) is 5.56 Å². The van der Waals surface area contributed by atoms with Crippen LogP contribution in [0.15, 0.2) is 42.5 Å². The Morgan fingerprint density at radius 2 is 1.93 bits per heavy atom. The van der Waals surface area contributed by atoms with Crippen LogP contribution in [0.25, 0.3) is 0 Å². The van der Waals surface area contributed by atoms with E-state index in [4.69, 9.17) is 9.47 Å². The number of carbonyl (C=O) groups is 1. The number of amides is 1. The third-order valence-electron chi connectivity index (χ3n) is 5.23. The van der Waals surface area contributed by atoms with Crippen molar-refractivity contribution in [3.05, 3.63) is 53.6 Å². The molecule has 0 saturated carbocycles. The van der Waals surface area contributed by atoms with Crippen LogP contribution in [0.3, 0.4) is 0 Å². The summed E-state index contributed by atoms with van der Waals surface area (Å²) >= 11 is 0. The van der Waals surface area contributed by atoms with Crippen molar-refractivity contribution in [2.75, 3.05) is 30.8 Å². The van der Waals surface area contributed by atoms with E-state index in [-0.39, 0.29) is 18.1 Å². The summed E-state index contributed by atoms with van der Waals surface area (Å²) in [5.41, 5.74) is 2.05. The number of rotatable bonds is 4. The number of hydrogen-bond donors (Lipinski definition) is 0. The van der Waals surface area contributed by atoms with Gasteiger partial charge < -0.3 is 14.4 Å². The molecule has 2 aromatic carbocycles. The van der Waals surface area contributed by atoms with Crippen LogP contribution in [0.4, 0.5) is 5.69 Å². The van der Waals surface area contributed by atoms with Gasteiger partial charge in [-0.05, 0) is 49.2 Å². The highest BCUT2D eigenvalue weighted by molar-refractivity contribution is 7.92. The normalized spacial score (nSPS) is 20.3. The standard InChI is InChI=1S/C21H24N2O5S/c1-14-10-16-11-15(8-9-18(16)23(14)29(3,25)26)21(24)22(2)12-17-13-27-19-6-4-5-7-20(19)28-17/h4-9,11,14,17H,10,12-13H2,1-3H3/t14-,17-/m0/s1. The molecular weight excluding hydrogens is 392 g/mol. The van der Waals surface area contributed by atoms with Crippen molar-refractivity contribution < 1.29 is 22.7 Å². The molecule has 0 aliphatic carbocycles. The van der Waals surface area contributed by atoms with E-state index in [2.05, 4.69) is 0 Å². The van der Waals surface area contributed by atoms with Crippen LogP contribution in [0.2, 0.25) is 0 Å². The molecule has 2 atom stereocenters. The van der Waals surface area contributed by atoms with E-state index in [0.29, 0.717) is 42.3 Å². The smallest absolute Gasteiger partial charge is 0.253 e. The number of anilines is 1. The van der Waals surface area contributed by atoms with Gasteiger partial charge in [-0.1, -0.05) is 12.1 Å². The second-order valence-corrected chi connectivity index (χ2v) is 9.50. The van der Waals surface area contributed by atoms with Crippen molar-refractivity contribution in [1.29, 1.82) is 0 Å². The molecule has 2 aromatic rings. The first kappa shape index (κ1) is 19.6. The molecular formula is C21H24N2O5S. The lowest BCUT2D eigenvalue weighted by Gasteiger charge is -2.29. The first-order valence-electron chi connectivity index (χ1n) is 9.50. The summed E-state index contributed by atoms with van der Waals surface area (Å²) in [6.45, 7) is 2.63. The molecule has 0 unspecified atom stereocenters. The van der Waals surface area contributed by atoms with Gasteiger partial charge in [-0.2, -0.15) is 0 Å². The molecule has 29 heavy (non-hydrogen) atoms. The molecule has 0 N–H and O–H groups in total. The Hall–Kier alpha value is -2.74. The fourth-order valence-corrected chi connectivity index (χ4v) is 5.27. The highest BCUT2D eigenvalue weighted by atomic mass is 32.2. The Balaban J connectivity index is 1.47. The second kappa shape index (κ2) is 7.26. The fraction of sp³-hybridized carbons (Fsp3) is 0.381. The van der Waals surface area contributed by atoms with Gasteiger partial charge >= 0.3 is 0 Å². The van der Waals surface area contributed by atoms with Crippen LogP contribution in [-0.2, 0) is 16.4 Å². The zero-order valence-electron chi connectivity index (χ0n) is 16.7. The largest absolute Gasteiger partial charge is 0.486 e. The number of sulfonamides is 1. The van der Waals surface area contributed by atoms with E-state index < -0.39 is 10.0 Å². The number of benzene rings is 2. The number of likely N-dealkylation sites (N-methyl/N-ethyl adjacent to an activating group) is 1. The molecule has 0 fully saturated rings. The van der Waals surface area contributed by atoms with Gasteiger partial charge in [0.2, 0.25) is 10.0 Å². The molecule has 154 valence electrons. The third-order valence-corrected chi connectivity index (χ3v) is 6.50. The minimum atomic E-state index is -3.35. The van der Waals surface area contributed by atoms with Gasteiger partial charge in [0.15, 0.2) is 17.6 Å². The number of fused-ring (bicyclic) bond motifs is 2. The Kier molecular flexibility index (Phi) is 4.90. The lowest BCUT2D eigenvalue weighted by molar-refractivity contribution is 0.0521. The van der Waals surface area contributed by atoms with Gasteiger partial charge in [0.05, 0.1) is 18.5 Å². The molecule has 0 aromatic heterocycles. The summed E-state index contributed by atoms with van der Waals surface area (Å²) in [4.78, 5) is 14.5. The summed E-state index contributed by atoms with van der Waals surface area (Å²) in [5, 5.41) is 0. The Bertz CT molecular complexity index is 1050. The van der Waals surface area contributed by atoms with Crippen molar-refractivity contribution in [2.45, 2.75) is 25.5 Å². The predicted molar refractivity (Wildman–Crippen MR) is 110 cm³/mol. The van der Waals surface area contributed by atoms with Crippen molar-refractivity contribution >= 4 is 21.6 Å². The summed E-state index contributed by atoms with van der Waals surface area (Å²) in [6, 6.07) is 12.5. The molecule has 1 amide bonds. The lowest BCUT2D eigenvalue weighted by Crippen LogP contribution is -2.41. The molecule has 0 radical (unpaired) electrons. The van der Waals surface area contributed by atoms with Crippen LogP contribution in [0, 0.1) is 0 Å². The molecule has 0 bridgehead atoms. The number of nitrogens with zero attached hydrogens (tertiary/aromatic N) is 2. The monoisotopic (exact) mass is 416 g/mol. The van der Waals surface area contributed by atoms with Crippen LogP contribution in [0.5, 0.6) is 11.5 Å². The third kappa shape index (κ3) is 3.76. The quantitative estimate of drug-likeness (QED) is 0.765. The van der Waals surface area contributed by atoms with Crippen LogP contribution in [-0.4, -0.2) is 57.8 Å². The molecule has 0 saturated heterocycles. The fourth-order valence-electron chi connectivity index (χ4n) is 4.00. The van der Waals surface area contributed by atoms with E-state index in [1.165, 1.54) is 10.6 Å². The minimum absolute atomic E-state index is 0.138. The van der Waals surface area contributed by atoms with Crippen molar-refractivity contribution in [1.82, 2.24) is 4.90 Å². The summed E-state index contributed by atoms with van der Waals surface area (Å²) in [7, 11) is -1.62. The molecule has 2 heterocycles. The van der Waals surface area contributed by atoms with Crippen molar-refractivity contribution in [3.63, 3.8) is 0 Å². The molecule has 0 spiro atoms. The topological polar surface area (TPSA) is 76.2 Å². The number of hydrogen-bond acceptors (Lipinski definition) is 5. The van der Waals surface area contributed by atoms with E-state index in [9.17, 15) is 13.2 Å². The van der Waals surface area contributed by atoms with Crippen molar-refractivity contribution in [3.8, 4) is 11.5 Å². The molecule has 7 nitrogen and oxygen atoms in total. The summed E-state index contributed by atoms with van der Waals surface area (Å²) in [6.07, 6.45) is 1.54. The lowest BCUT2D eigenvalue weighted by atomic mass is 10.1. The number of para-hydroxylation sites is 2. The van der Waals surface area contributed by atoms with E-state index >= 15 is 0 Å². The van der Waals surface area contributed by atoms with Crippen LogP contribution >= 0.6 is 0 Å². The van der Waals surface area contributed by atoms with Crippen molar-refractivity contribution in [2.24, 2.45) is 0 Å². The average molecular weight is 416 g/mol. The first-order valence-corrected chi connectivity index (χ1v) is 11.3. The number of carbonyl (C=O) groups excluding carboxylic acids is 1. The number of ether oxygens (including phenoxy) is 2. The Labute approximate surface area is 170 Å². The summed E-state index contributed by atoms with van der Waals surface area (Å²) < 4.78 is 37.2. The molecule has 4 rings (SSSR count). The minimum Gasteiger partial charge on any atom is -0.486 e. The SMILES string of the molecule is C[C@H]1Cc2cc(C(=O)N(C)C[C@H]3COc4ccccc4O3)ccc2N1S(C)(=O)=O. The van der Waals surface area contributed by atoms with Gasteiger partial charge in [-0.25, -0.2) is 8.42 Å². The Morgan fingerprint density at radius 3 is 2.66 bits per heavy atom. The first-order chi connectivity index (χ1) is 13.7.